The molecule has 0 aromatic heterocycles. The van der Waals surface area contributed by atoms with Gasteiger partial charge in [-0.15, -0.1) is 11.8 Å². The molecule has 0 amide bonds. The molecule has 1 unspecified atom stereocenters. The lowest BCUT2D eigenvalue weighted by Gasteiger charge is -2.20. The molecule has 0 saturated carbocycles. The highest BCUT2D eigenvalue weighted by atomic mass is 32.2. The number of allylic oxidation sites excluding steroid dienone is 7. The summed E-state index contributed by atoms with van der Waals surface area (Å²) in [6.07, 6.45) is 21.3. The first-order valence-corrected chi connectivity index (χ1v) is 11.6. The zero-order valence-corrected chi connectivity index (χ0v) is 18.7. The highest BCUT2D eigenvalue weighted by molar-refractivity contribution is 8.00. The predicted octanol–water partition coefficient (Wildman–Crippen LogP) is 4.31. The van der Waals surface area contributed by atoms with Crippen LogP contribution in [0.2, 0.25) is 0 Å². The van der Waals surface area contributed by atoms with Gasteiger partial charge < -0.3 is 21.1 Å². The van der Waals surface area contributed by atoms with Gasteiger partial charge in [0.15, 0.2) is 0 Å². The highest BCUT2D eigenvalue weighted by Gasteiger charge is 2.20. The molecule has 7 heteroatoms. The first-order chi connectivity index (χ1) is 14.4. The van der Waals surface area contributed by atoms with Crippen LogP contribution in [0.15, 0.2) is 48.6 Å². The van der Waals surface area contributed by atoms with E-state index in [0.29, 0.717) is 12.8 Å². The molecule has 170 valence electrons. The number of aliphatic carboxylic acids is 2. The normalized spacial score (nSPS) is 15.4. The molecule has 5 N–H and O–H groups in total. The van der Waals surface area contributed by atoms with Crippen LogP contribution in [0.3, 0.4) is 0 Å². The summed E-state index contributed by atoms with van der Waals surface area (Å²) in [5, 5.41) is 27.6. The second-order valence-corrected chi connectivity index (χ2v) is 8.21. The molecular formula is C23H37NO5S. The fourth-order valence-electron chi connectivity index (χ4n) is 2.47. The van der Waals surface area contributed by atoms with Crippen LogP contribution in [0.25, 0.3) is 0 Å². The quantitative estimate of drug-likeness (QED) is 0.143. The number of aliphatic hydroxyl groups is 1. The third-order valence-electron chi connectivity index (χ3n) is 4.24. The number of thioether (sulfide) groups is 1. The maximum Gasteiger partial charge on any atom is 0.321 e. The summed E-state index contributed by atoms with van der Waals surface area (Å²) in [5.74, 6) is -1.83. The molecule has 0 saturated heterocycles. The molecule has 30 heavy (non-hydrogen) atoms. The van der Waals surface area contributed by atoms with Gasteiger partial charge >= 0.3 is 11.9 Å². The first kappa shape index (κ1) is 28.2. The average molecular weight is 440 g/mol. The summed E-state index contributed by atoms with van der Waals surface area (Å²) in [4.78, 5) is 21.5. The van der Waals surface area contributed by atoms with Crippen molar-refractivity contribution in [2.24, 2.45) is 5.73 Å². The lowest BCUT2D eigenvalue weighted by molar-refractivity contribution is -0.138. The van der Waals surface area contributed by atoms with E-state index < -0.39 is 24.1 Å². The lowest BCUT2D eigenvalue weighted by Crippen LogP contribution is -2.34. The van der Waals surface area contributed by atoms with E-state index in [0.717, 1.165) is 12.8 Å². The van der Waals surface area contributed by atoms with E-state index >= 15 is 0 Å². The Labute approximate surface area is 184 Å². The lowest BCUT2D eigenvalue weighted by atomic mass is 10.1. The Bertz CT molecular complexity index is 586. The van der Waals surface area contributed by atoms with Gasteiger partial charge in [0.25, 0.3) is 0 Å². The number of carboxylic acids is 2. The number of hydrogen-bond donors (Lipinski definition) is 4. The molecule has 6 nitrogen and oxygen atoms in total. The monoisotopic (exact) mass is 439 g/mol. The Morgan fingerprint density at radius 3 is 2.40 bits per heavy atom. The number of carbonyl (C=O) groups is 2. The van der Waals surface area contributed by atoms with Crippen molar-refractivity contribution in [2.45, 2.75) is 75.7 Å². The summed E-state index contributed by atoms with van der Waals surface area (Å²) in [6.45, 7) is 2.19. The van der Waals surface area contributed by atoms with Crippen LogP contribution in [-0.4, -0.2) is 50.4 Å². The topological polar surface area (TPSA) is 121 Å². The predicted molar refractivity (Wildman–Crippen MR) is 125 cm³/mol. The minimum Gasteiger partial charge on any atom is -0.481 e. The number of rotatable bonds is 18. The molecule has 0 fully saturated rings. The van der Waals surface area contributed by atoms with Crippen molar-refractivity contribution in [3.05, 3.63) is 48.6 Å². The Balaban J connectivity index is 4.51. The van der Waals surface area contributed by atoms with E-state index in [4.69, 9.17) is 15.9 Å². The molecule has 0 aliphatic rings. The zero-order valence-electron chi connectivity index (χ0n) is 17.9. The van der Waals surface area contributed by atoms with E-state index in [2.05, 4.69) is 25.2 Å². The fraction of sp³-hybridized carbons (Fsp3) is 0.565. The minimum atomic E-state index is -1.09. The fourth-order valence-corrected chi connectivity index (χ4v) is 3.60. The van der Waals surface area contributed by atoms with Crippen LogP contribution in [0.1, 0.15) is 58.3 Å². The third kappa shape index (κ3) is 17.1. The molecule has 0 aliphatic heterocycles. The number of aliphatic hydroxyl groups excluding tert-OH is 1. The van der Waals surface area contributed by atoms with E-state index in [1.165, 1.54) is 31.0 Å². The van der Waals surface area contributed by atoms with Gasteiger partial charge in [-0.25, -0.2) is 0 Å². The Kier molecular flexibility index (Phi) is 18.0. The maximum atomic E-state index is 10.9. The van der Waals surface area contributed by atoms with E-state index in [1.807, 2.05) is 18.2 Å². The molecule has 0 spiro atoms. The van der Waals surface area contributed by atoms with Gasteiger partial charge in [0.2, 0.25) is 0 Å². The van der Waals surface area contributed by atoms with E-state index in [-0.39, 0.29) is 17.4 Å². The minimum absolute atomic E-state index is 0.00938. The molecular weight excluding hydrogens is 402 g/mol. The van der Waals surface area contributed by atoms with Crippen molar-refractivity contribution in [2.75, 3.05) is 5.75 Å². The van der Waals surface area contributed by atoms with Gasteiger partial charge in [-0.1, -0.05) is 68.4 Å². The number of hydrogen-bond acceptors (Lipinski definition) is 5. The van der Waals surface area contributed by atoms with E-state index in [9.17, 15) is 14.7 Å². The molecule has 0 heterocycles. The summed E-state index contributed by atoms with van der Waals surface area (Å²) in [5.41, 5.74) is 5.54. The van der Waals surface area contributed by atoms with Crippen LogP contribution in [-0.2, 0) is 9.59 Å². The summed E-state index contributed by atoms with van der Waals surface area (Å²) in [7, 11) is 0. The van der Waals surface area contributed by atoms with Crippen molar-refractivity contribution in [3.63, 3.8) is 0 Å². The van der Waals surface area contributed by atoms with Gasteiger partial charge in [0.05, 0.1) is 6.10 Å². The SMILES string of the molecule is CCCCCC=CCC=CC=CC=C[C@@H](SCC(N)C(=O)O)[C@@H](O)CCCC(=O)O. The average Bonchev–Trinajstić information content (AvgIpc) is 2.70. The second kappa shape index (κ2) is 19.2. The van der Waals surface area contributed by atoms with Gasteiger partial charge in [0.1, 0.15) is 6.04 Å². The molecule has 0 aromatic carbocycles. The van der Waals surface area contributed by atoms with Crippen LogP contribution in [0, 0.1) is 0 Å². The summed E-state index contributed by atoms with van der Waals surface area (Å²) >= 11 is 1.26. The molecule has 0 aliphatic carbocycles. The smallest absolute Gasteiger partial charge is 0.321 e. The van der Waals surface area contributed by atoms with Crippen LogP contribution >= 0.6 is 11.8 Å². The van der Waals surface area contributed by atoms with Crippen LogP contribution < -0.4 is 5.73 Å². The number of unbranched alkanes of at least 4 members (excludes halogenated alkanes) is 3. The standard InChI is InChI=1S/C23H37NO5S/c1-2-3-4-5-6-7-8-9-10-11-12-13-16-21(30-18-19(24)23(28)29)20(25)15-14-17-22(26)27/h6-7,9-13,16,19-21,25H,2-5,8,14-15,17-18,24H2,1H3,(H,26,27)(H,28,29)/t19?,20-,21+/m0/s1. The largest absolute Gasteiger partial charge is 0.481 e. The highest BCUT2D eigenvalue weighted by Crippen LogP contribution is 2.21. The van der Waals surface area contributed by atoms with Crippen molar-refractivity contribution < 1.29 is 24.9 Å². The third-order valence-corrected chi connectivity index (χ3v) is 5.65. The Morgan fingerprint density at radius 2 is 1.73 bits per heavy atom. The van der Waals surface area contributed by atoms with Crippen molar-refractivity contribution >= 4 is 23.7 Å². The maximum absolute atomic E-state index is 10.9. The van der Waals surface area contributed by atoms with Crippen molar-refractivity contribution in [3.8, 4) is 0 Å². The molecule has 3 atom stereocenters. The number of carboxylic acid groups (broad SMARTS) is 2. The zero-order chi connectivity index (χ0) is 22.6. The van der Waals surface area contributed by atoms with Gasteiger partial charge in [-0.3, -0.25) is 9.59 Å². The second-order valence-electron chi connectivity index (χ2n) is 7.00. The molecule has 0 bridgehead atoms. The molecule has 0 aromatic rings. The van der Waals surface area contributed by atoms with Crippen LogP contribution in [0.5, 0.6) is 0 Å². The van der Waals surface area contributed by atoms with Gasteiger partial charge in [-0.05, 0) is 32.1 Å². The Hall–Kier alpha value is -1.83. The van der Waals surface area contributed by atoms with Crippen molar-refractivity contribution in [1.29, 1.82) is 0 Å². The summed E-state index contributed by atoms with van der Waals surface area (Å²) in [6, 6.07) is -1.01. The van der Waals surface area contributed by atoms with Crippen LogP contribution in [0.4, 0.5) is 0 Å². The summed E-state index contributed by atoms with van der Waals surface area (Å²) < 4.78 is 0. The van der Waals surface area contributed by atoms with Gasteiger partial charge in [-0.2, -0.15) is 0 Å². The molecule has 0 radical (unpaired) electrons. The number of nitrogens with two attached hydrogens (primary N) is 1. The van der Waals surface area contributed by atoms with E-state index in [1.54, 1.807) is 12.2 Å². The first-order valence-electron chi connectivity index (χ1n) is 10.5. The molecule has 0 rings (SSSR count). The van der Waals surface area contributed by atoms with Crippen molar-refractivity contribution in [1.82, 2.24) is 0 Å². The Morgan fingerprint density at radius 1 is 1.00 bits per heavy atom. The van der Waals surface area contributed by atoms with Gasteiger partial charge in [0, 0.05) is 17.4 Å².